The molecule has 2 rings (SSSR count). The molecule has 1 fully saturated rings. The van der Waals surface area contributed by atoms with E-state index in [0.29, 0.717) is 0 Å². The Balaban J connectivity index is 1.75. The first-order chi connectivity index (χ1) is 6.75. The summed E-state index contributed by atoms with van der Waals surface area (Å²) in [5.74, 6) is 4.12. The van der Waals surface area contributed by atoms with Crippen LogP contribution >= 0.6 is 11.9 Å². The van der Waals surface area contributed by atoms with E-state index in [0.717, 1.165) is 17.8 Å². The summed E-state index contributed by atoms with van der Waals surface area (Å²) >= 11 is 2.04. The summed E-state index contributed by atoms with van der Waals surface area (Å²) < 4.78 is 1.64. The Morgan fingerprint density at radius 1 is 1.43 bits per heavy atom. The Bertz CT molecular complexity index is 212. The zero-order chi connectivity index (χ0) is 9.97. The first-order valence-electron chi connectivity index (χ1n) is 5.91. The SMILES string of the molecule is CC(C)C1CCC(C[NH+]2C=CCS2)C1. The van der Waals surface area contributed by atoms with Crippen LogP contribution in [0, 0.1) is 17.8 Å². The molecule has 0 spiro atoms. The van der Waals surface area contributed by atoms with Crippen molar-refractivity contribution in [3.63, 3.8) is 0 Å². The van der Waals surface area contributed by atoms with Crippen molar-refractivity contribution in [2.75, 3.05) is 12.3 Å². The molecule has 0 amide bonds. The summed E-state index contributed by atoms with van der Waals surface area (Å²) in [4.78, 5) is 0. The highest BCUT2D eigenvalue weighted by Gasteiger charge is 2.30. The van der Waals surface area contributed by atoms with Gasteiger partial charge in [0.1, 0.15) is 6.20 Å². The topological polar surface area (TPSA) is 4.44 Å². The molecule has 0 aromatic heterocycles. The van der Waals surface area contributed by atoms with Crippen LogP contribution in [0.15, 0.2) is 12.3 Å². The van der Waals surface area contributed by atoms with Gasteiger partial charge in [0.25, 0.3) is 0 Å². The molecule has 0 bridgehead atoms. The molecule has 2 heteroatoms. The molecule has 0 aromatic rings. The van der Waals surface area contributed by atoms with Gasteiger partial charge in [-0.05, 0) is 37.2 Å². The van der Waals surface area contributed by atoms with Gasteiger partial charge in [-0.3, -0.25) is 0 Å². The van der Waals surface area contributed by atoms with Crippen molar-refractivity contribution in [3.05, 3.63) is 12.3 Å². The van der Waals surface area contributed by atoms with E-state index in [-0.39, 0.29) is 0 Å². The van der Waals surface area contributed by atoms with E-state index in [1.54, 1.807) is 4.31 Å². The second-order valence-corrected chi connectivity index (χ2v) is 6.21. The van der Waals surface area contributed by atoms with Crippen LogP contribution in [-0.4, -0.2) is 12.3 Å². The zero-order valence-electron chi connectivity index (χ0n) is 9.33. The molecular weight excluding hydrogens is 190 g/mol. The van der Waals surface area contributed by atoms with Crippen LogP contribution in [0.25, 0.3) is 0 Å². The van der Waals surface area contributed by atoms with Crippen molar-refractivity contribution >= 4 is 11.9 Å². The summed E-state index contributed by atoms with van der Waals surface area (Å²) in [5.41, 5.74) is 0. The van der Waals surface area contributed by atoms with Crippen LogP contribution in [0.5, 0.6) is 0 Å². The van der Waals surface area contributed by atoms with Gasteiger partial charge in [-0.2, -0.15) is 0 Å². The van der Waals surface area contributed by atoms with Gasteiger partial charge in [0.2, 0.25) is 0 Å². The van der Waals surface area contributed by atoms with Gasteiger partial charge in [0.05, 0.1) is 24.2 Å². The van der Waals surface area contributed by atoms with E-state index in [9.17, 15) is 0 Å². The van der Waals surface area contributed by atoms with Crippen LogP contribution in [0.4, 0.5) is 0 Å². The Morgan fingerprint density at radius 3 is 2.86 bits per heavy atom. The third kappa shape index (κ3) is 2.54. The fraction of sp³-hybridized carbons (Fsp3) is 0.833. The average Bonchev–Trinajstić information content (AvgIpc) is 2.75. The zero-order valence-corrected chi connectivity index (χ0v) is 10.1. The number of hydrogen-bond acceptors (Lipinski definition) is 1. The van der Waals surface area contributed by atoms with Crippen LogP contribution < -0.4 is 4.31 Å². The van der Waals surface area contributed by atoms with E-state index in [2.05, 4.69) is 26.1 Å². The normalized spacial score (nSPS) is 37.2. The molecule has 3 unspecified atom stereocenters. The van der Waals surface area contributed by atoms with Gasteiger partial charge in [-0.25, -0.2) is 4.31 Å². The minimum absolute atomic E-state index is 0.900. The first-order valence-corrected chi connectivity index (χ1v) is 6.89. The maximum Gasteiger partial charge on any atom is 0.103 e. The first kappa shape index (κ1) is 10.6. The molecule has 0 saturated heterocycles. The molecule has 1 aliphatic heterocycles. The lowest BCUT2D eigenvalue weighted by Crippen LogP contribution is -3.00. The molecular formula is C12H22NS+. The van der Waals surface area contributed by atoms with Crippen molar-refractivity contribution in [1.82, 2.24) is 0 Å². The number of quaternary nitrogens is 1. The van der Waals surface area contributed by atoms with E-state index < -0.39 is 0 Å². The third-order valence-corrected chi connectivity index (χ3v) is 4.72. The Kier molecular flexibility index (Phi) is 3.56. The molecule has 2 aliphatic rings. The maximum atomic E-state index is 2.38. The van der Waals surface area contributed by atoms with Gasteiger partial charge in [-0.15, -0.1) is 0 Å². The quantitative estimate of drug-likeness (QED) is 0.702. The predicted octanol–water partition coefficient (Wildman–Crippen LogP) is 2.12. The van der Waals surface area contributed by atoms with Crippen molar-refractivity contribution in [2.45, 2.75) is 33.1 Å². The molecule has 14 heavy (non-hydrogen) atoms. The fourth-order valence-electron chi connectivity index (χ4n) is 2.70. The van der Waals surface area contributed by atoms with Crippen molar-refractivity contribution in [3.8, 4) is 0 Å². The number of hydrogen-bond donors (Lipinski definition) is 1. The monoisotopic (exact) mass is 212 g/mol. The summed E-state index contributed by atoms with van der Waals surface area (Å²) in [6.45, 7) is 6.12. The van der Waals surface area contributed by atoms with Crippen molar-refractivity contribution in [2.24, 2.45) is 17.8 Å². The lowest BCUT2D eigenvalue weighted by Gasteiger charge is -2.15. The minimum atomic E-state index is 0.900. The smallest absolute Gasteiger partial charge is 0.103 e. The van der Waals surface area contributed by atoms with Crippen LogP contribution in [-0.2, 0) is 0 Å². The fourth-order valence-corrected chi connectivity index (χ4v) is 3.65. The number of nitrogens with one attached hydrogen (secondary N) is 1. The van der Waals surface area contributed by atoms with Crippen LogP contribution in [0.3, 0.4) is 0 Å². The summed E-state index contributed by atoms with van der Waals surface area (Å²) in [5, 5.41) is 0. The Morgan fingerprint density at radius 2 is 2.29 bits per heavy atom. The largest absolute Gasteiger partial charge is 0.247 e. The van der Waals surface area contributed by atoms with E-state index in [1.807, 2.05) is 11.9 Å². The van der Waals surface area contributed by atoms with E-state index >= 15 is 0 Å². The maximum absolute atomic E-state index is 2.38. The molecule has 1 aliphatic carbocycles. The molecule has 1 saturated carbocycles. The summed E-state index contributed by atoms with van der Waals surface area (Å²) in [6.07, 6.45) is 9.07. The highest BCUT2D eigenvalue weighted by atomic mass is 32.2. The summed E-state index contributed by atoms with van der Waals surface area (Å²) in [7, 11) is 0. The molecule has 80 valence electrons. The van der Waals surface area contributed by atoms with Crippen LogP contribution in [0.1, 0.15) is 33.1 Å². The number of rotatable bonds is 3. The molecule has 0 radical (unpaired) electrons. The molecule has 1 N–H and O–H groups in total. The predicted molar refractivity (Wildman–Crippen MR) is 63.1 cm³/mol. The highest BCUT2D eigenvalue weighted by molar-refractivity contribution is 7.93. The third-order valence-electron chi connectivity index (χ3n) is 3.68. The van der Waals surface area contributed by atoms with E-state index in [4.69, 9.17) is 0 Å². The average molecular weight is 212 g/mol. The molecule has 1 nitrogen and oxygen atoms in total. The Labute approximate surface area is 92.1 Å². The standard InChI is InChI=1S/C12H21NS/c1-10(2)12-5-4-11(8-12)9-13-6-3-7-14-13/h3,6,10-12H,4-5,7-9H2,1-2H3/p+1. The summed E-state index contributed by atoms with van der Waals surface area (Å²) in [6, 6.07) is 0. The lowest BCUT2D eigenvalue weighted by molar-refractivity contribution is -0.696. The lowest BCUT2D eigenvalue weighted by atomic mass is 9.93. The van der Waals surface area contributed by atoms with Crippen molar-refractivity contribution < 1.29 is 4.31 Å². The molecule has 3 atom stereocenters. The van der Waals surface area contributed by atoms with Crippen LogP contribution in [0.2, 0.25) is 0 Å². The van der Waals surface area contributed by atoms with E-state index in [1.165, 1.54) is 31.6 Å². The Hall–Kier alpha value is 0.0500. The minimum Gasteiger partial charge on any atom is -0.247 e. The molecule has 1 heterocycles. The van der Waals surface area contributed by atoms with Crippen molar-refractivity contribution in [1.29, 1.82) is 0 Å². The molecule has 0 aromatic carbocycles. The van der Waals surface area contributed by atoms with Gasteiger partial charge in [0.15, 0.2) is 0 Å². The highest BCUT2D eigenvalue weighted by Crippen LogP contribution is 2.34. The second kappa shape index (κ2) is 4.71. The van der Waals surface area contributed by atoms with Gasteiger partial charge in [-0.1, -0.05) is 13.8 Å². The van der Waals surface area contributed by atoms with Gasteiger partial charge < -0.3 is 0 Å². The second-order valence-electron chi connectivity index (χ2n) is 5.07. The van der Waals surface area contributed by atoms with Gasteiger partial charge in [0, 0.05) is 5.92 Å². The van der Waals surface area contributed by atoms with Gasteiger partial charge >= 0.3 is 0 Å².